The number of carbonyl (C=O) groups is 3. The molecule has 0 aromatic heterocycles. The number of aromatic hydroxyl groups is 1. The fourth-order valence-corrected chi connectivity index (χ4v) is 6.50. The standard InChI is InChI=1S/C29H26N2O10/c1-31(2)22-21-24(34)18-13(8-11-6-7-15-16(9-11)41-10-40-15)12-4-3-5-14(32)17(12)23(33)19(18)26(36)29(21,39)27(37)20(25(22)35)28(30)38/h3-9,18,21-22,24,32,34-36,39H,10H2,1-2H3,(H2,30,38)/b13-8+/t18-,21-,22+,24+,29+/m1/s1. The van der Waals surface area contributed by atoms with Crippen molar-refractivity contribution >= 4 is 29.1 Å². The van der Waals surface area contributed by atoms with E-state index < -0.39 is 75.5 Å². The van der Waals surface area contributed by atoms with Gasteiger partial charge in [0.25, 0.3) is 5.91 Å². The normalized spacial score (nSPS) is 29.5. The predicted octanol–water partition coefficient (Wildman–Crippen LogP) is 0.818. The lowest BCUT2D eigenvalue weighted by Gasteiger charge is -2.52. The molecule has 12 nitrogen and oxygen atoms in total. The molecule has 1 amide bonds. The van der Waals surface area contributed by atoms with Gasteiger partial charge in [0.05, 0.1) is 29.2 Å². The molecule has 0 saturated carbocycles. The molecular formula is C29H26N2O10. The third kappa shape index (κ3) is 3.48. The number of fused-ring (bicyclic) bond motifs is 4. The van der Waals surface area contributed by atoms with Crippen LogP contribution in [-0.2, 0) is 9.59 Å². The molecule has 0 fully saturated rings. The van der Waals surface area contributed by atoms with E-state index in [-0.39, 0.29) is 23.5 Å². The maximum atomic E-state index is 13.9. The molecule has 6 rings (SSSR count). The number of aliphatic hydroxyl groups excluding tert-OH is 3. The van der Waals surface area contributed by atoms with Gasteiger partial charge in [-0.25, -0.2) is 0 Å². The molecule has 0 radical (unpaired) electrons. The van der Waals surface area contributed by atoms with Crippen LogP contribution in [0, 0.1) is 11.8 Å². The van der Waals surface area contributed by atoms with E-state index in [1.54, 1.807) is 30.3 Å². The fraction of sp³-hybridized carbons (Fsp3) is 0.276. The van der Waals surface area contributed by atoms with Crippen LogP contribution in [0.15, 0.2) is 59.1 Å². The van der Waals surface area contributed by atoms with Gasteiger partial charge in [0.15, 0.2) is 22.9 Å². The number of ketones is 2. The summed E-state index contributed by atoms with van der Waals surface area (Å²) in [5.74, 6) is -8.04. The minimum Gasteiger partial charge on any atom is -0.510 e. The van der Waals surface area contributed by atoms with Crippen LogP contribution in [0.3, 0.4) is 0 Å². The van der Waals surface area contributed by atoms with E-state index in [1.807, 2.05) is 0 Å². The lowest BCUT2D eigenvalue weighted by atomic mass is 9.56. The number of phenols is 1. The molecule has 4 aliphatic rings. The Morgan fingerprint density at radius 2 is 1.80 bits per heavy atom. The highest BCUT2D eigenvalue weighted by atomic mass is 16.7. The summed E-state index contributed by atoms with van der Waals surface area (Å²) in [5, 5.41) is 57.1. The summed E-state index contributed by atoms with van der Waals surface area (Å²) in [6.07, 6.45) is -0.142. The molecule has 0 saturated heterocycles. The summed E-state index contributed by atoms with van der Waals surface area (Å²) in [5.41, 5.74) is 1.74. The van der Waals surface area contributed by atoms with E-state index >= 15 is 0 Å². The van der Waals surface area contributed by atoms with Crippen molar-refractivity contribution in [3.05, 3.63) is 75.8 Å². The Hall–Kier alpha value is -4.65. The quantitative estimate of drug-likeness (QED) is 0.289. The van der Waals surface area contributed by atoms with Crippen LogP contribution in [0.5, 0.6) is 17.2 Å². The molecule has 1 aliphatic heterocycles. The van der Waals surface area contributed by atoms with Gasteiger partial charge in [-0.3, -0.25) is 19.3 Å². The molecule has 212 valence electrons. The van der Waals surface area contributed by atoms with Crippen LogP contribution in [0.2, 0.25) is 0 Å². The Kier molecular flexibility index (Phi) is 5.79. The molecule has 5 atom stereocenters. The number of aliphatic hydroxyl groups is 4. The summed E-state index contributed by atoms with van der Waals surface area (Å²) in [4.78, 5) is 41.0. The molecule has 0 spiro atoms. The lowest BCUT2D eigenvalue weighted by Crippen LogP contribution is -2.68. The van der Waals surface area contributed by atoms with Crippen LogP contribution >= 0.6 is 0 Å². The van der Waals surface area contributed by atoms with E-state index in [2.05, 4.69) is 0 Å². The van der Waals surface area contributed by atoms with Crippen molar-refractivity contribution in [2.24, 2.45) is 17.6 Å². The summed E-state index contributed by atoms with van der Waals surface area (Å²) in [6.45, 7) is 0.0349. The molecule has 2 aromatic carbocycles. The number of Topliss-reactive ketones (excluding diaryl/α,β-unsaturated/α-hetero) is 2. The molecule has 12 heteroatoms. The van der Waals surface area contributed by atoms with Crippen LogP contribution < -0.4 is 15.2 Å². The minimum atomic E-state index is -3.00. The van der Waals surface area contributed by atoms with Gasteiger partial charge in [-0.15, -0.1) is 0 Å². The van der Waals surface area contributed by atoms with E-state index in [0.717, 1.165) is 0 Å². The van der Waals surface area contributed by atoms with Crippen molar-refractivity contribution in [3.8, 4) is 17.2 Å². The number of amides is 1. The number of hydrogen-bond donors (Lipinski definition) is 6. The fourth-order valence-electron chi connectivity index (χ4n) is 6.50. The second-order valence-electron chi connectivity index (χ2n) is 10.6. The van der Waals surface area contributed by atoms with Crippen molar-refractivity contribution in [1.29, 1.82) is 0 Å². The zero-order valence-corrected chi connectivity index (χ0v) is 21.9. The van der Waals surface area contributed by atoms with Crippen molar-refractivity contribution < 1.29 is 49.4 Å². The number of phenolic OH excluding ortho intramolecular Hbond substituents is 1. The summed E-state index contributed by atoms with van der Waals surface area (Å²) >= 11 is 0. The maximum Gasteiger partial charge on any atom is 0.255 e. The number of carbonyl (C=O) groups excluding carboxylic acids is 3. The molecule has 7 N–H and O–H groups in total. The SMILES string of the molecule is CN(C)[C@@H]1C(O)=C(C(N)=O)C(=O)[C@@]2(O)C(O)=C3C(=O)c4c(O)cccc4/C(=C\c4ccc5c(c4)OCO5)[C@H]3[C@H](O)[C@@H]12. The first-order chi connectivity index (χ1) is 19.4. The molecule has 41 heavy (non-hydrogen) atoms. The van der Waals surface area contributed by atoms with E-state index in [4.69, 9.17) is 15.2 Å². The first-order valence-corrected chi connectivity index (χ1v) is 12.7. The van der Waals surface area contributed by atoms with Crippen LogP contribution in [0.1, 0.15) is 21.5 Å². The maximum absolute atomic E-state index is 13.9. The van der Waals surface area contributed by atoms with Crippen LogP contribution in [0.25, 0.3) is 11.6 Å². The second-order valence-corrected chi connectivity index (χ2v) is 10.6. The first kappa shape index (κ1) is 26.6. The van der Waals surface area contributed by atoms with Crippen molar-refractivity contribution in [2.75, 3.05) is 20.9 Å². The highest BCUT2D eigenvalue weighted by Gasteiger charge is 2.67. The van der Waals surface area contributed by atoms with Crippen molar-refractivity contribution in [3.63, 3.8) is 0 Å². The number of nitrogens with zero attached hydrogens (tertiary/aromatic N) is 1. The third-order valence-corrected chi connectivity index (χ3v) is 8.25. The number of ether oxygens (including phenoxy) is 2. The average molecular weight is 563 g/mol. The number of likely N-dealkylation sites (N-methyl/N-ethyl adjacent to an activating group) is 1. The number of nitrogens with two attached hydrogens (primary N) is 1. The Balaban J connectivity index is 1.65. The topological polar surface area (TPSA) is 200 Å². The van der Waals surface area contributed by atoms with Crippen LogP contribution in [-0.4, -0.2) is 86.5 Å². The van der Waals surface area contributed by atoms with E-state index in [1.165, 1.54) is 31.1 Å². The van der Waals surface area contributed by atoms with Crippen molar-refractivity contribution in [2.45, 2.75) is 17.7 Å². The van der Waals surface area contributed by atoms with E-state index in [0.29, 0.717) is 17.1 Å². The van der Waals surface area contributed by atoms with Crippen molar-refractivity contribution in [1.82, 2.24) is 4.90 Å². The number of hydrogen-bond acceptors (Lipinski definition) is 11. The van der Waals surface area contributed by atoms with Gasteiger partial charge in [0.1, 0.15) is 22.8 Å². The Labute approximate surface area is 232 Å². The van der Waals surface area contributed by atoms with Gasteiger partial charge in [0, 0.05) is 5.92 Å². The summed E-state index contributed by atoms with van der Waals surface area (Å²) < 4.78 is 10.8. The number of rotatable bonds is 3. The Bertz CT molecular complexity index is 1650. The lowest BCUT2D eigenvalue weighted by molar-refractivity contribution is -0.159. The minimum absolute atomic E-state index is 0.0349. The molecule has 1 heterocycles. The van der Waals surface area contributed by atoms with Gasteiger partial charge < -0.3 is 40.7 Å². The zero-order valence-electron chi connectivity index (χ0n) is 21.9. The summed E-state index contributed by atoms with van der Waals surface area (Å²) in [7, 11) is 2.95. The Morgan fingerprint density at radius 3 is 2.49 bits per heavy atom. The predicted molar refractivity (Wildman–Crippen MR) is 142 cm³/mol. The van der Waals surface area contributed by atoms with Gasteiger partial charge in [-0.2, -0.15) is 0 Å². The first-order valence-electron chi connectivity index (χ1n) is 12.7. The largest absolute Gasteiger partial charge is 0.510 e. The van der Waals surface area contributed by atoms with Gasteiger partial charge in [-0.05, 0) is 49.0 Å². The highest BCUT2D eigenvalue weighted by molar-refractivity contribution is 6.25. The monoisotopic (exact) mass is 562 g/mol. The molecule has 0 bridgehead atoms. The molecule has 2 aromatic rings. The summed E-state index contributed by atoms with van der Waals surface area (Å²) in [6, 6.07) is 8.01. The van der Waals surface area contributed by atoms with Crippen LogP contribution in [0.4, 0.5) is 0 Å². The zero-order chi connectivity index (χ0) is 29.5. The molecule has 0 unspecified atom stereocenters. The van der Waals surface area contributed by atoms with E-state index in [9.17, 15) is 39.9 Å². The number of primary amides is 1. The highest BCUT2D eigenvalue weighted by Crippen LogP contribution is 2.55. The third-order valence-electron chi connectivity index (χ3n) is 8.25. The average Bonchev–Trinajstić information content (AvgIpc) is 3.38. The van der Waals surface area contributed by atoms with Gasteiger partial charge in [0.2, 0.25) is 12.6 Å². The van der Waals surface area contributed by atoms with Gasteiger partial charge >= 0.3 is 0 Å². The smallest absolute Gasteiger partial charge is 0.255 e. The molecular weight excluding hydrogens is 536 g/mol. The Morgan fingerprint density at radius 1 is 1.10 bits per heavy atom. The number of benzene rings is 2. The molecule has 3 aliphatic carbocycles. The second kappa shape index (κ2) is 8.93. The van der Waals surface area contributed by atoms with Gasteiger partial charge in [-0.1, -0.05) is 24.3 Å².